The van der Waals surface area contributed by atoms with E-state index in [0.717, 1.165) is 38.7 Å². The summed E-state index contributed by atoms with van der Waals surface area (Å²) in [6, 6.07) is 23.7. The van der Waals surface area contributed by atoms with Crippen LogP contribution in [0.1, 0.15) is 29.8 Å². The molecule has 0 saturated carbocycles. The number of rotatable bonds is 4. The Morgan fingerprint density at radius 1 is 0.900 bits per heavy atom. The second-order valence-electron chi connectivity index (χ2n) is 7.64. The molecule has 5 aromatic rings. The standard InChI is InChI=1S/C25H21N3O2/c1-16(2)30-25(29)18-13-11-17(12-14-18)15-28-22-10-6-3-7-19(22)23-24(28)27-21-9-5-4-8-20(21)26-23/h3-14,16H,15H2,1-2H3. The van der Waals surface area contributed by atoms with Crippen LogP contribution in [0.3, 0.4) is 0 Å². The summed E-state index contributed by atoms with van der Waals surface area (Å²) in [5.74, 6) is -0.300. The van der Waals surface area contributed by atoms with Crippen LogP contribution < -0.4 is 0 Å². The smallest absolute Gasteiger partial charge is 0.338 e. The first kappa shape index (κ1) is 18.3. The maximum Gasteiger partial charge on any atom is 0.338 e. The van der Waals surface area contributed by atoms with Crippen LogP contribution in [0.5, 0.6) is 0 Å². The lowest BCUT2D eigenvalue weighted by Gasteiger charge is -2.10. The van der Waals surface area contributed by atoms with Gasteiger partial charge in [-0.15, -0.1) is 0 Å². The summed E-state index contributed by atoms with van der Waals surface area (Å²) in [5, 5.41) is 1.09. The van der Waals surface area contributed by atoms with Crippen molar-refractivity contribution in [2.45, 2.75) is 26.5 Å². The van der Waals surface area contributed by atoms with Crippen LogP contribution in [0.2, 0.25) is 0 Å². The van der Waals surface area contributed by atoms with E-state index in [0.29, 0.717) is 12.1 Å². The molecule has 148 valence electrons. The Morgan fingerprint density at radius 2 is 1.57 bits per heavy atom. The zero-order chi connectivity index (χ0) is 20.7. The molecule has 5 nitrogen and oxygen atoms in total. The van der Waals surface area contributed by atoms with Gasteiger partial charge in [-0.1, -0.05) is 42.5 Å². The molecular weight excluding hydrogens is 374 g/mol. The highest BCUT2D eigenvalue weighted by atomic mass is 16.5. The van der Waals surface area contributed by atoms with Gasteiger partial charge in [-0.25, -0.2) is 14.8 Å². The number of fused-ring (bicyclic) bond motifs is 4. The molecule has 0 aliphatic heterocycles. The maximum atomic E-state index is 12.1. The molecule has 0 unspecified atom stereocenters. The second kappa shape index (κ2) is 7.26. The number of benzene rings is 3. The average Bonchev–Trinajstić information content (AvgIpc) is 3.05. The topological polar surface area (TPSA) is 57.0 Å². The molecule has 0 aliphatic carbocycles. The van der Waals surface area contributed by atoms with Gasteiger partial charge >= 0.3 is 5.97 Å². The van der Waals surface area contributed by atoms with E-state index in [1.165, 1.54) is 0 Å². The number of aromatic nitrogens is 3. The molecule has 0 radical (unpaired) electrons. The van der Waals surface area contributed by atoms with Crippen LogP contribution in [0.4, 0.5) is 0 Å². The number of hydrogen-bond acceptors (Lipinski definition) is 4. The number of nitrogens with zero attached hydrogens (tertiary/aromatic N) is 3. The molecule has 0 saturated heterocycles. The zero-order valence-electron chi connectivity index (χ0n) is 16.9. The molecular formula is C25H21N3O2. The van der Waals surface area contributed by atoms with Gasteiger partial charge in [0.1, 0.15) is 5.52 Å². The van der Waals surface area contributed by atoms with Crippen molar-refractivity contribution >= 4 is 39.1 Å². The van der Waals surface area contributed by atoms with E-state index in [2.05, 4.69) is 16.7 Å². The van der Waals surface area contributed by atoms with E-state index in [-0.39, 0.29) is 12.1 Å². The van der Waals surface area contributed by atoms with Crippen molar-refractivity contribution in [3.8, 4) is 0 Å². The Kier molecular flexibility index (Phi) is 4.43. The van der Waals surface area contributed by atoms with E-state index in [1.807, 2.05) is 74.5 Å². The molecule has 2 aromatic heterocycles. The monoisotopic (exact) mass is 395 g/mol. The lowest BCUT2D eigenvalue weighted by atomic mass is 10.1. The first-order valence-corrected chi connectivity index (χ1v) is 10.0. The van der Waals surface area contributed by atoms with Gasteiger partial charge in [0.05, 0.1) is 28.2 Å². The van der Waals surface area contributed by atoms with Gasteiger partial charge in [-0.2, -0.15) is 0 Å². The van der Waals surface area contributed by atoms with Gasteiger partial charge in [0.2, 0.25) is 0 Å². The Bertz CT molecular complexity index is 1380. The third kappa shape index (κ3) is 3.18. The number of carbonyl (C=O) groups is 1. The van der Waals surface area contributed by atoms with Crippen molar-refractivity contribution in [3.63, 3.8) is 0 Å². The first-order chi connectivity index (χ1) is 14.6. The Morgan fingerprint density at radius 3 is 2.30 bits per heavy atom. The molecule has 3 aromatic carbocycles. The third-order valence-corrected chi connectivity index (χ3v) is 5.13. The van der Waals surface area contributed by atoms with Crippen molar-refractivity contribution in [1.82, 2.24) is 14.5 Å². The summed E-state index contributed by atoms with van der Waals surface area (Å²) in [7, 11) is 0. The van der Waals surface area contributed by atoms with Crippen LogP contribution in [-0.4, -0.2) is 26.6 Å². The molecule has 30 heavy (non-hydrogen) atoms. The number of hydrogen-bond donors (Lipinski definition) is 0. The first-order valence-electron chi connectivity index (χ1n) is 10.0. The Hall–Kier alpha value is -3.73. The fraction of sp³-hybridized carbons (Fsp3) is 0.160. The average molecular weight is 395 g/mol. The number of esters is 1. The molecule has 0 N–H and O–H groups in total. The van der Waals surface area contributed by atoms with Crippen molar-refractivity contribution in [2.24, 2.45) is 0 Å². The van der Waals surface area contributed by atoms with Gasteiger partial charge in [0.15, 0.2) is 5.65 Å². The Balaban J connectivity index is 1.59. The van der Waals surface area contributed by atoms with Crippen LogP contribution in [-0.2, 0) is 11.3 Å². The maximum absolute atomic E-state index is 12.1. The fourth-order valence-corrected chi connectivity index (χ4v) is 3.75. The van der Waals surface area contributed by atoms with Crippen LogP contribution in [0.15, 0.2) is 72.8 Å². The highest BCUT2D eigenvalue weighted by Gasteiger charge is 2.15. The SMILES string of the molecule is CC(C)OC(=O)c1ccc(Cn2c3ccccc3c3nc4ccccc4nc32)cc1. The quantitative estimate of drug-likeness (QED) is 0.385. The zero-order valence-corrected chi connectivity index (χ0v) is 16.9. The minimum absolute atomic E-state index is 0.136. The summed E-state index contributed by atoms with van der Waals surface area (Å²) < 4.78 is 7.46. The molecule has 5 heteroatoms. The Labute approximate surface area is 173 Å². The van der Waals surface area contributed by atoms with Gasteiger partial charge in [0.25, 0.3) is 0 Å². The summed E-state index contributed by atoms with van der Waals surface area (Å²) in [5.41, 5.74) is 6.25. The summed E-state index contributed by atoms with van der Waals surface area (Å²) in [4.78, 5) is 21.9. The van der Waals surface area contributed by atoms with Crippen LogP contribution >= 0.6 is 0 Å². The predicted molar refractivity (Wildman–Crippen MR) is 119 cm³/mol. The van der Waals surface area contributed by atoms with Crippen molar-refractivity contribution in [2.75, 3.05) is 0 Å². The normalized spacial score (nSPS) is 11.6. The van der Waals surface area contributed by atoms with E-state index < -0.39 is 0 Å². The number of carbonyl (C=O) groups excluding carboxylic acids is 1. The molecule has 0 bridgehead atoms. The fourth-order valence-electron chi connectivity index (χ4n) is 3.75. The second-order valence-corrected chi connectivity index (χ2v) is 7.64. The molecule has 0 fully saturated rings. The van der Waals surface area contributed by atoms with Crippen molar-refractivity contribution in [3.05, 3.63) is 83.9 Å². The van der Waals surface area contributed by atoms with Gasteiger partial charge in [0, 0.05) is 11.9 Å². The van der Waals surface area contributed by atoms with Crippen LogP contribution in [0, 0.1) is 0 Å². The summed E-state index contributed by atoms with van der Waals surface area (Å²) >= 11 is 0. The van der Waals surface area contributed by atoms with Crippen LogP contribution in [0.25, 0.3) is 33.1 Å². The third-order valence-electron chi connectivity index (χ3n) is 5.13. The molecule has 0 atom stereocenters. The number of ether oxygens (including phenoxy) is 1. The minimum atomic E-state index is -0.300. The molecule has 0 amide bonds. The van der Waals surface area contributed by atoms with Crippen molar-refractivity contribution < 1.29 is 9.53 Å². The molecule has 0 aliphatic rings. The lowest BCUT2D eigenvalue weighted by Crippen LogP contribution is -2.11. The van der Waals surface area contributed by atoms with E-state index >= 15 is 0 Å². The van der Waals surface area contributed by atoms with Crippen molar-refractivity contribution in [1.29, 1.82) is 0 Å². The lowest BCUT2D eigenvalue weighted by molar-refractivity contribution is 0.0378. The number of para-hydroxylation sites is 3. The van der Waals surface area contributed by atoms with E-state index in [9.17, 15) is 4.79 Å². The summed E-state index contributed by atoms with van der Waals surface area (Å²) in [6.45, 7) is 4.33. The molecule has 2 heterocycles. The predicted octanol–water partition coefficient (Wildman–Crippen LogP) is 5.35. The minimum Gasteiger partial charge on any atom is -0.459 e. The van der Waals surface area contributed by atoms with Gasteiger partial charge in [-0.3, -0.25) is 0 Å². The van der Waals surface area contributed by atoms with Gasteiger partial charge < -0.3 is 9.30 Å². The molecule has 0 spiro atoms. The molecule has 5 rings (SSSR count). The largest absolute Gasteiger partial charge is 0.459 e. The van der Waals surface area contributed by atoms with Gasteiger partial charge in [-0.05, 0) is 49.7 Å². The summed E-state index contributed by atoms with van der Waals surface area (Å²) in [6.07, 6.45) is -0.136. The van der Waals surface area contributed by atoms with E-state index in [4.69, 9.17) is 14.7 Å². The highest BCUT2D eigenvalue weighted by Crippen LogP contribution is 2.29. The van der Waals surface area contributed by atoms with E-state index in [1.54, 1.807) is 0 Å². The highest BCUT2D eigenvalue weighted by molar-refractivity contribution is 6.06.